The van der Waals surface area contributed by atoms with Crippen LogP contribution in [0.4, 0.5) is 24.5 Å². The first-order valence-electron chi connectivity index (χ1n) is 8.13. The van der Waals surface area contributed by atoms with Crippen molar-refractivity contribution in [1.29, 1.82) is 0 Å². The fraction of sp³-hybridized carbons (Fsp3) is 0.100. The molecule has 138 valence electrons. The van der Waals surface area contributed by atoms with E-state index in [2.05, 4.69) is 15.6 Å². The summed E-state index contributed by atoms with van der Waals surface area (Å²) in [4.78, 5) is 16.3. The number of rotatable bonds is 5. The molecule has 3 rings (SSSR count). The van der Waals surface area contributed by atoms with E-state index < -0.39 is 29.0 Å². The van der Waals surface area contributed by atoms with Crippen LogP contribution in [0, 0.1) is 24.4 Å². The number of pyridine rings is 1. The predicted octanol–water partition coefficient (Wildman–Crippen LogP) is 4.67. The molecule has 0 unspecified atom stereocenters. The molecule has 0 aliphatic heterocycles. The molecule has 27 heavy (non-hydrogen) atoms. The SMILES string of the molecule is Cc1cccc(CNc2cncc(C(=O)Nc3ccc(F)c(F)c3F)c2)c1. The quantitative estimate of drug-likeness (QED) is 0.641. The largest absolute Gasteiger partial charge is 0.380 e. The van der Waals surface area contributed by atoms with Gasteiger partial charge in [-0.2, -0.15) is 0 Å². The van der Waals surface area contributed by atoms with Gasteiger partial charge in [-0.15, -0.1) is 0 Å². The molecule has 1 amide bonds. The summed E-state index contributed by atoms with van der Waals surface area (Å²) in [6.45, 7) is 2.53. The van der Waals surface area contributed by atoms with Crippen LogP contribution in [0.15, 0.2) is 54.9 Å². The van der Waals surface area contributed by atoms with Gasteiger partial charge in [-0.05, 0) is 30.7 Å². The Labute approximate surface area is 154 Å². The molecule has 4 nitrogen and oxygen atoms in total. The van der Waals surface area contributed by atoms with Crippen LogP contribution in [0.25, 0.3) is 0 Å². The molecular formula is C20H16F3N3O. The van der Waals surface area contributed by atoms with Crippen molar-refractivity contribution in [3.63, 3.8) is 0 Å². The monoisotopic (exact) mass is 371 g/mol. The number of anilines is 2. The topological polar surface area (TPSA) is 54.0 Å². The van der Waals surface area contributed by atoms with Gasteiger partial charge in [-0.3, -0.25) is 9.78 Å². The van der Waals surface area contributed by atoms with E-state index in [-0.39, 0.29) is 5.56 Å². The van der Waals surface area contributed by atoms with Crippen LogP contribution in [0.5, 0.6) is 0 Å². The highest BCUT2D eigenvalue weighted by Gasteiger charge is 2.16. The molecule has 0 saturated heterocycles. The van der Waals surface area contributed by atoms with Crippen molar-refractivity contribution in [1.82, 2.24) is 4.98 Å². The normalized spacial score (nSPS) is 10.5. The Bertz CT molecular complexity index is 992. The second-order valence-electron chi connectivity index (χ2n) is 5.98. The summed E-state index contributed by atoms with van der Waals surface area (Å²) in [6.07, 6.45) is 2.84. The van der Waals surface area contributed by atoms with E-state index in [4.69, 9.17) is 0 Å². The smallest absolute Gasteiger partial charge is 0.257 e. The third-order valence-electron chi connectivity index (χ3n) is 3.86. The van der Waals surface area contributed by atoms with Crippen LogP contribution in [0.1, 0.15) is 21.5 Å². The number of nitrogens with zero attached hydrogens (tertiary/aromatic N) is 1. The minimum Gasteiger partial charge on any atom is -0.380 e. The highest BCUT2D eigenvalue weighted by atomic mass is 19.2. The van der Waals surface area contributed by atoms with E-state index in [0.29, 0.717) is 12.2 Å². The molecule has 1 aromatic heterocycles. The lowest BCUT2D eigenvalue weighted by Gasteiger charge is -2.10. The third kappa shape index (κ3) is 4.44. The molecule has 0 aliphatic carbocycles. The van der Waals surface area contributed by atoms with Gasteiger partial charge in [-0.25, -0.2) is 13.2 Å². The number of aryl methyl sites for hydroxylation is 1. The fourth-order valence-corrected chi connectivity index (χ4v) is 2.50. The van der Waals surface area contributed by atoms with Crippen LogP contribution in [-0.4, -0.2) is 10.9 Å². The molecule has 0 saturated carbocycles. The lowest BCUT2D eigenvalue weighted by molar-refractivity contribution is 0.102. The Morgan fingerprint density at radius 2 is 1.85 bits per heavy atom. The number of halogens is 3. The molecular weight excluding hydrogens is 355 g/mol. The Morgan fingerprint density at radius 1 is 1.04 bits per heavy atom. The molecule has 0 radical (unpaired) electrons. The second kappa shape index (κ2) is 7.90. The summed E-state index contributed by atoms with van der Waals surface area (Å²) in [6, 6.07) is 11.2. The minimum atomic E-state index is -1.64. The molecule has 1 heterocycles. The summed E-state index contributed by atoms with van der Waals surface area (Å²) < 4.78 is 40.0. The summed E-state index contributed by atoms with van der Waals surface area (Å²) in [7, 11) is 0. The maximum atomic E-state index is 13.7. The highest BCUT2D eigenvalue weighted by molar-refractivity contribution is 6.04. The molecule has 0 spiro atoms. The molecule has 7 heteroatoms. The average molecular weight is 371 g/mol. The molecule has 2 N–H and O–H groups in total. The lowest BCUT2D eigenvalue weighted by atomic mass is 10.1. The minimum absolute atomic E-state index is 0.147. The van der Waals surface area contributed by atoms with Gasteiger partial charge in [-0.1, -0.05) is 29.8 Å². The van der Waals surface area contributed by atoms with Gasteiger partial charge in [0.1, 0.15) is 0 Å². The fourth-order valence-electron chi connectivity index (χ4n) is 2.50. The van der Waals surface area contributed by atoms with Gasteiger partial charge in [0.05, 0.1) is 16.9 Å². The van der Waals surface area contributed by atoms with Gasteiger partial charge in [0.15, 0.2) is 17.5 Å². The Balaban J connectivity index is 1.71. The first kappa shape index (κ1) is 18.4. The standard InChI is InChI=1S/C20H16F3N3O/c1-12-3-2-4-13(7-12)9-25-15-8-14(10-24-11-15)20(27)26-17-6-5-16(21)18(22)19(17)23/h2-8,10-11,25H,9H2,1H3,(H,26,27). The van der Waals surface area contributed by atoms with E-state index in [1.807, 2.05) is 31.2 Å². The van der Waals surface area contributed by atoms with Crippen LogP contribution in [0.2, 0.25) is 0 Å². The van der Waals surface area contributed by atoms with E-state index in [1.165, 1.54) is 12.3 Å². The Hall–Kier alpha value is -3.35. The van der Waals surface area contributed by atoms with Crippen LogP contribution in [-0.2, 0) is 6.54 Å². The molecule has 3 aromatic rings. The number of nitrogens with one attached hydrogen (secondary N) is 2. The second-order valence-corrected chi connectivity index (χ2v) is 5.98. The summed E-state index contributed by atoms with van der Waals surface area (Å²) in [5.41, 5.74) is 2.49. The van der Waals surface area contributed by atoms with E-state index in [9.17, 15) is 18.0 Å². The number of carbonyl (C=O) groups excluding carboxylic acids is 1. The predicted molar refractivity (Wildman–Crippen MR) is 97.0 cm³/mol. The Kier molecular flexibility index (Phi) is 5.40. The summed E-state index contributed by atoms with van der Waals surface area (Å²) in [5, 5.41) is 5.36. The van der Waals surface area contributed by atoms with Gasteiger partial charge in [0.25, 0.3) is 5.91 Å². The zero-order valence-corrected chi connectivity index (χ0v) is 14.4. The zero-order chi connectivity index (χ0) is 19.4. The van der Waals surface area contributed by atoms with Gasteiger partial charge < -0.3 is 10.6 Å². The van der Waals surface area contributed by atoms with Crippen LogP contribution in [0.3, 0.4) is 0 Å². The molecule has 0 aliphatic rings. The van der Waals surface area contributed by atoms with Crippen molar-refractivity contribution >= 4 is 17.3 Å². The van der Waals surface area contributed by atoms with Crippen molar-refractivity contribution in [3.05, 3.63) is 89.0 Å². The van der Waals surface area contributed by atoms with Crippen molar-refractivity contribution in [2.45, 2.75) is 13.5 Å². The van der Waals surface area contributed by atoms with Crippen molar-refractivity contribution in [3.8, 4) is 0 Å². The average Bonchev–Trinajstić information content (AvgIpc) is 2.67. The number of benzene rings is 2. The van der Waals surface area contributed by atoms with Gasteiger partial charge >= 0.3 is 0 Å². The van der Waals surface area contributed by atoms with Crippen molar-refractivity contribution in [2.75, 3.05) is 10.6 Å². The summed E-state index contributed by atoms with van der Waals surface area (Å²) >= 11 is 0. The van der Waals surface area contributed by atoms with E-state index in [1.54, 1.807) is 6.20 Å². The Morgan fingerprint density at radius 3 is 2.63 bits per heavy atom. The van der Waals surface area contributed by atoms with Gasteiger partial charge in [0.2, 0.25) is 0 Å². The maximum absolute atomic E-state index is 13.7. The van der Waals surface area contributed by atoms with Crippen molar-refractivity contribution in [2.24, 2.45) is 0 Å². The molecule has 0 fully saturated rings. The number of amides is 1. The van der Waals surface area contributed by atoms with Crippen LogP contribution >= 0.6 is 0 Å². The lowest BCUT2D eigenvalue weighted by Crippen LogP contribution is -2.14. The first-order chi connectivity index (χ1) is 12.9. The highest BCUT2D eigenvalue weighted by Crippen LogP contribution is 2.21. The number of aromatic nitrogens is 1. The zero-order valence-electron chi connectivity index (χ0n) is 14.4. The summed E-state index contributed by atoms with van der Waals surface area (Å²) in [5.74, 6) is -5.11. The van der Waals surface area contributed by atoms with Crippen molar-refractivity contribution < 1.29 is 18.0 Å². The molecule has 0 atom stereocenters. The van der Waals surface area contributed by atoms with E-state index >= 15 is 0 Å². The number of carbonyl (C=O) groups is 1. The van der Waals surface area contributed by atoms with Crippen LogP contribution < -0.4 is 10.6 Å². The molecule has 0 bridgehead atoms. The maximum Gasteiger partial charge on any atom is 0.257 e. The third-order valence-corrected chi connectivity index (χ3v) is 3.86. The number of hydrogen-bond donors (Lipinski definition) is 2. The van der Waals surface area contributed by atoms with E-state index in [0.717, 1.165) is 23.3 Å². The van der Waals surface area contributed by atoms with Gasteiger partial charge in [0, 0.05) is 18.9 Å². The first-order valence-corrected chi connectivity index (χ1v) is 8.13. The number of hydrogen-bond acceptors (Lipinski definition) is 3. The molecule has 2 aromatic carbocycles.